The van der Waals surface area contributed by atoms with Gasteiger partial charge < -0.3 is 10.4 Å². The first kappa shape index (κ1) is 18.1. The molecule has 0 saturated carbocycles. The van der Waals surface area contributed by atoms with Gasteiger partial charge in [-0.25, -0.2) is 0 Å². The van der Waals surface area contributed by atoms with Gasteiger partial charge in [0, 0.05) is 11.9 Å². The van der Waals surface area contributed by atoms with Crippen LogP contribution in [-0.4, -0.2) is 23.2 Å². The molecule has 0 amide bonds. The molecule has 1 atom stereocenters. The number of rotatable bonds is 12. The van der Waals surface area contributed by atoms with Gasteiger partial charge in [-0.3, -0.25) is 4.98 Å². The van der Waals surface area contributed by atoms with Crippen molar-refractivity contribution in [1.29, 1.82) is 0 Å². The number of aliphatic hydroxyl groups excluding tert-OH is 1. The topological polar surface area (TPSA) is 45.1 Å². The number of aromatic nitrogens is 1. The first-order valence-corrected chi connectivity index (χ1v) is 8.54. The molecule has 0 bridgehead atoms. The average Bonchev–Trinajstić information content (AvgIpc) is 2.51. The summed E-state index contributed by atoms with van der Waals surface area (Å²) in [5.41, 5.74) is 2.08. The van der Waals surface area contributed by atoms with Crippen LogP contribution >= 0.6 is 0 Å². The zero-order valence-electron chi connectivity index (χ0n) is 13.8. The lowest BCUT2D eigenvalue weighted by Crippen LogP contribution is -2.25. The largest absolute Gasteiger partial charge is 0.394 e. The molecule has 0 aromatic carbocycles. The first-order valence-electron chi connectivity index (χ1n) is 8.54. The number of pyridine rings is 1. The van der Waals surface area contributed by atoms with Gasteiger partial charge in [0.05, 0.1) is 12.6 Å². The van der Waals surface area contributed by atoms with Crippen LogP contribution in [0.2, 0.25) is 0 Å². The van der Waals surface area contributed by atoms with Gasteiger partial charge in [0.25, 0.3) is 0 Å². The Morgan fingerprint density at radius 2 is 1.71 bits per heavy atom. The molecule has 0 saturated heterocycles. The van der Waals surface area contributed by atoms with E-state index in [0.717, 1.165) is 17.8 Å². The molecule has 21 heavy (non-hydrogen) atoms. The average molecular weight is 292 g/mol. The van der Waals surface area contributed by atoms with Crippen LogP contribution in [0.15, 0.2) is 18.3 Å². The monoisotopic (exact) mass is 292 g/mol. The molecule has 0 aliphatic heterocycles. The lowest BCUT2D eigenvalue weighted by molar-refractivity contribution is 0.243. The van der Waals surface area contributed by atoms with Crippen LogP contribution in [0, 0.1) is 6.92 Å². The molecule has 2 N–H and O–H groups in total. The van der Waals surface area contributed by atoms with Crippen molar-refractivity contribution in [2.45, 2.75) is 71.3 Å². The minimum atomic E-state index is 0.0163. The fourth-order valence-corrected chi connectivity index (χ4v) is 2.51. The number of aryl methyl sites for hydroxylation is 1. The molecular formula is C18H32N2O. The van der Waals surface area contributed by atoms with Gasteiger partial charge in [-0.15, -0.1) is 0 Å². The van der Waals surface area contributed by atoms with Gasteiger partial charge in [-0.2, -0.15) is 0 Å². The molecule has 1 aromatic rings. The maximum atomic E-state index is 9.48. The second-order valence-corrected chi connectivity index (χ2v) is 5.90. The molecule has 1 aromatic heterocycles. The molecule has 0 aliphatic rings. The summed E-state index contributed by atoms with van der Waals surface area (Å²) in [5.74, 6) is 0. The van der Waals surface area contributed by atoms with E-state index in [1.165, 1.54) is 51.4 Å². The van der Waals surface area contributed by atoms with E-state index in [2.05, 4.69) is 17.2 Å². The van der Waals surface area contributed by atoms with Crippen molar-refractivity contribution in [3.63, 3.8) is 0 Å². The van der Waals surface area contributed by atoms with Crippen molar-refractivity contribution >= 4 is 0 Å². The summed E-state index contributed by atoms with van der Waals surface area (Å²) in [6.07, 6.45) is 12.5. The molecule has 0 unspecified atom stereocenters. The highest BCUT2D eigenvalue weighted by atomic mass is 16.3. The fourth-order valence-electron chi connectivity index (χ4n) is 2.51. The summed E-state index contributed by atoms with van der Waals surface area (Å²) >= 11 is 0. The number of nitrogens with one attached hydrogen (secondary N) is 1. The molecule has 3 heteroatoms. The molecule has 0 radical (unpaired) electrons. The Bertz CT molecular complexity index is 351. The van der Waals surface area contributed by atoms with Gasteiger partial charge in [-0.05, 0) is 31.5 Å². The lowest BCUT2D eigenvalue weighted by Gasteiger charge is -2.16. The summed E-state index contributed by atoms with van der Waals surface area (Å²) < 4.78 is 0. The highest BCUT2D eigenvalue weighted by Gasteiger charge is 2.09. The quantitative estimate of drug-likeness (QED) is 0.569. The van der Waals surface area contributed by atoms with Crippen molar-refractivity contribution < 1.29 is 5.11 Å². The number of aliphatic hydroxyl groups is 1. The van der Waals surface area contributed by atoms with E-state index in [1.54, 1.807) is 0 Å². The zero-order chi connectivity index (χ0) is 15.3. The Balaban J connectivity index is 2.08. The number of unbranched alkanes of at least 4 members (excludes halogenated alkanes) is 7. The molecule has 0 fully saturated rings. The highest BCUT2D eigenvalue weighted by molar-refractivity contribution is 5.17. The van der Waals surface area contributed by atoms with E-state index in [1.807, 2.05) is 25.3 Å². The highest BCUT2D eigenvalue weighted by Crippen LogP contribution is 2.12. The van der Waals surface area contributed by atoms with Crippen LogP contribution in [-0.2, 0) is 0 Å². The Labute approximate surface area is 130 Å². The van der Waals surface area contributed by atoms with Crippen LogP contribution in [0.1, 0.15) is 75.6 Å². The third-order valence-electron chi connectivity index (χ3n) is 3.94. The Morgan fingerprint density at radius 3 is 2.29 bits per heavy atom. The maximum Gasteiger partial charge on any atom is 0.0627 e. The maximum absolute atomic E-state index is 9.48. The van der Waals surface area contributed by atoms with Crippen molar-refractivity contribution in [2.75, 3.05) is 13.2 Å². The van der Waals surface area contributed by atoms with Gasteiger partial charge in [0.15, 0.2) is 0 Å². The first-order chi connectivity index (χ1) is 10.3. The minimum Gasteiger partial charge on any atom is -0.394 e. The predicted molar refractivity (Wildman–Crippen MR) is 89.4 cm³/mol. The predicted octanol–water partition coefficient (Wildman–Crippen LogP) is 4.15. The molecule has 0 aliphatic carbocycles. The molecule has 0 spiro atoms. The van der Waals surface area contributed by atoms with E-state index < -0.39 is 0 Å². The summed E-state index contributed by atoms with van der Waals surface area (Å²) in [7, 11) is 0. The third kappa shape index (κ3) is 8.18. The van der Waals surface area contributed by atoms with E-state index in [-0.39, 0.29) is 12.6 Å². The van der Waals surface area contributed by atoms with E-state index in [4.69, 9.17) is 0 Å². The standard InChI is InChI=1S/C18H32N2O/c1-3-4-5-6-7-8-9-10-13-19-18(15-21)17-12-11-16(2)20-14-17/h11-12,14,18-19,21H,3-10,13,15H2,1-2H3/t18-/m0/s1. The van der Waals surface area contributed by atoms with E-state index in [9.17, 15) is 5.11 Å². The summed E-state index contributed by atoms with van der Waals surface area (Å²) in [4.78, 5) is 4.29. The Hall–Kier alpha value is -0.930. The van der Waals surface area contributed by atoms with Crippen LogP contribution in [0.5, 0.6) is 0 Å². The molecule has 120 valence electrons. The van der Waals surface area contributed by atoms with Crippen molar-refractivity contribution in [2.24, 2.45) is 0 Å². The fraction of sp³-hybridized carbons (Fsp3) is 0.722. The third-order valence-corrected chi connectivity index (χ3v) is 3.94. The summed E-state index contributed by atoms with van der Waals surface area (Å²) in [5, 5.41) is 12.9. The zero-order valence-corrected chi connectivity index (χ0v) is 13.8. The van der Waals surface area contributed by atoms with E-state index >= 15 is 0 Å². The van der Waals surface area contributed by atoms with Gasteiger partial charge >= 0.3 is 0 Å². The van der Waals surface area contributed by atoms with Crippen molar-refractivity contribution in [3.8, 4) is 0 Å². The normalized spacial score (nSPS) is 12.5. The smallest absolute Gasteiger partial charge is 0.0627 e. The van der Waals surface area contributed by atoms with E-state index in [0.29, 0.717) is 0 Å². The molecule has 3 nitrogen and oxygen atoms in total. The van der Waals surface area contributed by atoms with Crippen molar-refractivity contribution in [1.82, 2.24) is 10.3 Å². The second-order valence-electron chi connectivity index (χ2n) is 5.90. The van der Waals surface area contributed by atoms with Crippen LogP contribution < -0.4 is 5.32 Å². The summed E-state index contributed by atoms with van der Waals surface area (Å²) in [6, 6.07) is 4.06. The Morgan fingerprint density at radius 1 is 1.05 bits per heavy atom. The number of hydrogen-bond acceptors (Lipinski definition) is 3. The molecule has 1 rings (SSSR count). The second kappa shape index (κ2) is 11.7. The molecule has 1 heterocycles. The Kier molecular flexibility index (Phi) is 10.1. The van der Waals surface area contributed by atoms with Crippen LogP contribution in [0.25, 0.3) is 0 Å². The van der Waals surface area contributed by atoms with Crippen molar-refractivity contribution in [3.05, 3.63) is 29.6 Å². The summed E-state index contributed by atoms with van der Waals surface area (Å²) in [6.45, 7) is 5.33. The lowest BCUT2D eigenvalue weighted by atomic mass is 10.1. The molecular weight excluding hydrogens is 260 g/mol. The SMILES string of the molecule is CCCCCCCCCCN[C@@H](CO)c1ccc(C)nc1. The minimum absolute atomic E-state index is 0.0163. The van der Waals surface area contributed by atoms with Crippen LogP contribution in [0.4, 0.5) is 0 Å². The number of nitrogens with zero attached hydrogens (tertiary/aromatic N) is 1. The van der Waals surface area contributed by atoms with Gasteiger partial charge in [0.1, 0.15) is 0 Å². The number of hydrogen-bond donors (Lipinski definition) is 2. The van der Waals surface area contributed by atoms with Gasteiger partial charge in [-0.1, -0.05) is 57.9 Å². The van der Waals surface area contributed by atoms with Crippen LogP contribution in [0.3, 0.4) is 0 Å². The van der Waals surface area contributed by atoms with Gasteiger partial charge in [0.2, 0.25) is 0 Å².